The molecule has 0 saturated heterocycles. The van der Waals surface area contributed by atoms with E-state index in [4.69, 9.17) is 5.73 Å². The molecule has 0 radical (unpaired) electrons. The summed E-state index contributed by atoms with van der Waals surface area (Å²) in [5.41, 5.74) is 11.6. The van der Waals surface area contributed by atoms with Crippen molar-refractivity contribution in [2.45, 2.75) is 20.8 Å². The van der Waals surface area contributed by atoms with Crippen molar-refractivity contribution in [3.05, 3.63) is 53.6 Å². The van der Waals surface area contributed by atoms with Crippen LogP contribution in [-0.2, 0) is 0 Å². The van der Waals surface area contributed by atoms with Crippen molar-refractivity contribution >= 4 is 17.1 Å². The first-order chi connectivity index (χ1) is 8.61. The second-order valence-electron chi connectivity index (χ2n) is 4.62. The van der Waals surface area contributed by atoms with Crippen LogP contribution in [0.3, 0.4) is 0 Å². The fourth-order valence-electron chi connectivity index (χ4n) is 2.11. The molecule has 0 fully saturated rings. The van der Waals surface area contributed by atoms with E-state index in [1.54, 1.807) is 0 Å². The average molecular weight is 240 g/mol. The lowest BCUT2D eigenvalue weighted by Gasteiger charge is -2.24. The Morgan fingerprint density at radius 1 is 1.00 bits per heavy atom. The molecule has 0 bridgehead atoms. The molecule has 0 aliphatic heterocycles. The second kappa shape index (κ2) is 5.13. The zero-order chi connectivity index (χ0) is 13.1. The molecule has 0 atom stereocenters. The van der Waals surface area contributed by atoms with Gasteiger partial charge in [-0.15, -0.1) is 0 Å². The Labute approximate surface area is 109 Å². The molecule has 2 heteroatoms. The Morgan fingerprint density at radius 2 is 1.72 bits per heavy atom. The minimum absolute atomic E-state index is 0.846. The molecule has 2 nitrogen and oxygen atoms in total. The van der Waals surface area contributed by atoms with Gasteiger partial charge in [-0.3, -0.25) is 0 Å². The van der Waals surface area contributed by atoms with Gasteiger partial charge >= 0.3 is 0 Å². The molecule has 0 aliphatic carbocycles. The maximum atomic E-state index is 5.99. The third kappa shape index (κ3) is 2.48. The largest absolute Gasteiger partial charge is 0.398 e. The summed E-state index contributed by atoms with van der Waals surface area (Å²) >= 11 is 0. The number of nitrogens with two attached hydrogens (primary N) is 1. The van der Waals surface area contributed by atoms with Crippen LogP contribution in [0.5, 0.6) is 0 Å². The predicted octanol–water partition coefficient (Wildman–Crippen LogP) is 4.04. The van der Waals surface area contributed by atoms with Crippen molar-refractivity contribution in [1.29, 1.82) is 0 Å². The number of rotatable bonds is 3. The molecule has 94 valence electrons. The monoisotopic (exact) mass is 240 g/mol. The van der Waals surface area contributed by atoms with Crippen LogP contribution < -0.4 is 10.6 Å². The highest BCUT2D eigenvalue weighted by molar-refractivity contribution is 5.68. The van der Waals surface area contributed by atoms with E-state index >= 15 is 0 Å². The highest BCUT2D eigenvalue weighted by atomic mass is 15.1. The van der Waals surface area contributed by atoms with E-state index in [1.165, 1.54) is 11.3 Å². The lowest BCUT2D eigenvalue weighted by molar-refractivity contribution is 1.02. The van der Waals surface area contributed by atoms with Gasteiger partial charge in [0.15, 0.2) is 0 Å². The molecule has 2 aromatic rings. The zero-order valence-corrected chi connectivity index (χ0v) is 11.3. The minimum Gasteiger partial charge on any atom is -0.398 e. The molecule has 0 amide bonds. The van der Waals surface area contributed by atoms with E-state index in [9.17, 15) is 0 Å². The van der Waals surface area contributed by atoms with Crippen molar-refractivity contribution in [1.82, 2.24) is 0 Å². The number of anilines is 3. The number of benzene rings is 2. The third-order valence-corrected chi connectivity index (χ3v) is 3.20. The maximum absolute atomic E-state index is 5.99. The number of hydrogen-bond donors (Lipinski definition) is 1. The van der Waals surface area contributed by atoms with Crippen molar-refractivity contribution in [2.24, 2.45) is 0 Å². The van der Waals surface area contributed by atoms with E-state index in [2.05, 4.69) is 55.1 Å². The molecule has 0 spiro atoms. The van der Waals surface area contributed by atoms with Crippen molar-refractivity contribution in [3.8, 4) is 0 Å². The summed E-state index contributed by atoms with van der Waals surface area (Å²) in [6.45, 7) is 7.22. The van der Waals surface area contributed by atoms with Crippen molar-refractivity contribution in [3.63, 3.8) is 0 Å². The highest BCUT2D eigenvalue weighted by Gasteiger charge is 2.08. The Hall–Kier alpha value is -1.96. The molecule has 2 rings (SSSR count). The lowest BCUT2D eigenvalue weighted by atomic mass is 10.1. The second-order valence-corrected chi connectivity index (χ2v) is 4.62. The third-order valence-electron chi connectivity index (χ3n) is 3.20. The first-order valence-corrected chi connectivity index (χ1v) is 6.32. The summed E-state index contributed by atoms with van der Waals surface area (Å²) in [7, 11) is 0. The number of nitrogen functional groups attached to an aromatic ring is 1. The summed E-state index contributed by atoms with van der Waals surface area (Å²) in [6.07, 6.45) is 0. The molecule has 0 aromatic heterocycles. The van der Waals surface area contributed by atoms with Gasteiger partial charge in [0.25, 0.3) is 0 Å². The zero-order valence-electron chi connectivity index (χ0n) is 11.3. The van der Waals surface area contributed by atoms with Gasteiger partial charge < -0.3 is 10.6 Å². The summed E-state index contributed by atoms with van der Waals surface area (Å²) < 4.78 is 0. The molecule has 0 unspecified atom stereocenters. The van der Waals surface area contributed by atoms with Crippen molar-refractivity contribution < 1.29 is 0 Å². The number of nitrogens with zero attached hydrogens (tertiary/aromatic N) is 1. The van der Waals surface area contributed by atoms with Crippen LogP contribution >= 0.6 is 0 Å². The van der Waals surface area contributed by atoms with E-state index in [0.717, 1.165) is 23.5 Å². The summed E-state index contributed by atoms with van der Waals surface area (Å²) in [4.78, 5) is 2.27. The Kier molecular flexibility index (Phi) is 3.56. The summed E-state index contributed by atoms with van der Waals surface area (Å²) in [5.74, 6) is 0. The number of aryl methyl sites for hydroxylation is 2. The van der Waals surface area contributed by atoms with Crippen LogP contribution in [0.2, 0.25) is 0 Å². The first kappa shape index (κ1) is 12.5. The lowest BCUT2D eigenvalue weighted by Crippen LogP contribution is -2.16. The van der Waals surface area contributed by atoms with Crippen LogP contribution in [0.1, 0.15) is 18.1 Å². The van der Waals surface area contributed by atoms with E-state index in [1.807, 2.05) is 13.0 Å². The average Bonchev–Trinajstić information content (AvgIpc) is 2.35. The van der Waals surface area contributed by atoms with E-state index in [0.29, 0.717) is 0 Å². The standard InChI is InChI=1S/C16H20N2/c1-4-18(14-7-5-6-12(2)10-14)15-9-8-13(3)16(17)11-15/h5-11H,4,17H2,1-3H3. The predicted molar refractivity (Wildman–Crippen MR) is 79.5 cm³/mol. The smallest absolute Gasteiger partial charge is 0.0431 e. The number of hydrogen-bond acceptors (Lipinski definition) is 2. The Balaban J connectivity index is 2.42. The Bertz CT molecular complexity index is 547. The van der Waals surface area contributed by atoms with Gasteiger partial charge in [0.2, 0.25) is 0 Å². The fraction of sp³-hybridized carbons (Fsp3) is 0.250. The maximum Gasteiger partial charge on any atom is 0.0431 e. The minimum atomic E-state index is 0.846. The van der Waals surface area contributed by atoms with Crippen LogP contribution in [0, 0.1) is 13.8 Å². The molecule has 0 aliphatic rings. The van der Waals surface area contributed by atoms with Gasteiger partial charge in [-0.1, -0.05) is 18.2 Å². The van der Waals surface area contributed by atoms with Gasteiger partial charge in [-0.25, -0.2) is 0 Å². The van der Waals surface area contributed by atoms with Crippen LogP contribution in [0.4, 0.5) is 17.1 Å². The van der Waals surface area contributed by atoms with E-state index < -0.39 is 0 Å². The molecule has 0 heterocycles. The molecular formula is C16H20N2. The highest BCUT2D eigenvalue weighted by Crippen LogP contribution is 2.28. The normalized spacial score (nSPS) is 10.4. The molecular weight excluding hydrogens is 220 g/mol. The van der Waals surface area contributed by atoms with Crippen LogP contribution in [-0.4, -0.2) is 6.54 Å². The van der Waals surface area contributed by atoms with Gasteiger partial charge in [-0.05, 0) is 56.2 Å². The topological polar surface area (TPSA) is 29.3 Å². The first-order valence-electron chi connectivity index (χ1n) is 6.32. The molecule has 2 aromatic carbocycles. The van der Waals surface area contributed by atoms with E-state index in [-0.39, 0.29) is 0 Å². The molecule has 18 heavy (non-hydrogen) atoms. The molecule has 0 saturated carbocycles. The van der Waals surface area contributed by atoms with Crippen molar-refractivity contribution in [2.75, 3.05) is 17.2 Å². The Morgan fingerprint density at radius 3 is 2.33 bits per heavy atom. The van der Waals surface area contributed by atoms with Crippen LogP contribution in [0.15, 0.2) is 42.5 Å². The van der Waals surface area contributed by atoms with Crippen LogP contribution in [0.25, 0.3) is 0 Å². The molecule has 2 N–H and O–H groups in total. The van der Waals surface area contributed by atoms with Gasteiger partial charge in [0.1, 0.15) is 0 Å². The quantitative estimate of drug-likeness (QED) is 0.820. The SMILES string of the molecule is CCN(c1cccc(C)c1)c1ccc(C)c(N)c1. The summed E-state index contributed by atoms with van der Waals surface area (Å²) in [5, 5.41) is 0. The summed E-state index contributed by atoms with van der Waals surface area (Å²) in [6, 6.07) is 14.8. The van der Waals surface area contributed by atoms with Gasteiger partial charge in [0.05, 0.1) is 0 Å². The van der Waals surface area contributed by atoms with Gasteiger partial charge in [0, 0.05) is 23.6 Å². The van der Waals surface area contributed by atoms with Gasteiger partial charge in [-0.2, -0.15) is 0 Å². The fourth-order valence-corrected chi connectivity index (χ4v) is 2.11.